The molecule has 0 spiro atoms. The monoisotopic (exact) mass is 275 g/mol. The van der Waals surface area contributed by atoms with Crippen molar-refractivity contribution in [3.63, 3.8) is 0 Å². The average molecular weight is 275 g/mol. The van der Waals surface area contributed by atoms with Crippen molar-refractivity contribution in [2.24, 2.45) is 0 Å². The molecule has 0 fully saturated rings. The van der Waals surface area contributed by atoms with Gasteiger partial charge < -0.3 is 19.9 Å². The highest BCUT2D eigenvalue weighted by atomic mass is 16.4. The summed E-state index contributed by atoms with van der Waals surface area (Å²) in [6.45, 7) is 0.828. The Morgan fingerprint density at radius 1 is 1.05 bits per heavy atom. The second-order valence-corrected chi connectivity index (χ2v) is 4.21. The molecule has 1 aromatic carbocycles. The van der Waals surface area contributed by atoms with Crippen molar-refractivity contribution < 1.29 is 24.2 Å². The van der Waals surface area contributed by atoms with Crippen LogP contribution in [0, 0.1) is 0 Å². The van der Waals surface area contributed by atoms with Crippen LogP contribution in [-0.4, -0.2) is 22.2 Å². The summed E-state index contributed by atoms with van der Waals surface area (Å²) in [5.74, 6) is -1.56. The molecule has 3 N–H and O–H groups in total. The highest BCUT2D eigenvalue weighted by molar-refractivity contribution is 5.94. The number of carboxylic acid groups (broad SMARTS) is 2. The first-order valence-corrected chi connectivity index (χ1v) is 5.90. The molecular formula is C14H13NO5. The van der Waals surface area contributed by atoms with Gasteiger partial charge in [0.25, 0.3) is 0 Å². The summed E-state index contributed by atoms with van der Waals surface area (Å²) in [6.07, 6.45) is 1.56. The fourth-order valence-corrected chi connectivity index (χ4v) is 1.78. The Labute approximate surface area is 114 Å². The first-order chi connectivity index (χ1) is 9.56. The summed E-state index contributed by atoms with van der Waals surface area (Å²) < 4.78 is 5.14. The quantitative estimate of drug-likeness (QED) is 0.745. The molecule has 0 aliphatic rings. The highest BCUT2D eigenvalue weighted by Crippen LogP contribution is 2.11. The molecule has 0 aliphatic heterocycles. The van der Waals surface area contributed by atoms with E-state index in [4.69, 9.17) is 14.6 Å². The molecule has 2 rings (SSSR count). The van der Waals surface area contributed by atoms with E-state index in [0.29, 0.717) is 18.7 Å². The Hall–Kier alpha value is -2.60. The maximum absolute atomic E-state index is 11.0. The van der Waals surface area contributed by atoms with Gasteiger partial charge in [-0.3, -0.25) is 0 Å². The van der Waals surface area contributed by atoms with Gasteiger partial charge in [-0.15, -0.1) is 0 Å². The lowest BCUT2D eigenvalue weighted by Crippen LogP contribution is -2.13. The largest absolute Gasteiger partial charge is 0.478 e. The van der Waals surface area contributed by atoms with E-state index in [9.17, 15) is 9.59 Å². The smallest absolute Gasteiger partial charge is 0.335 e. The summed E-state index contributed by atoms with van der Waals surface area (Å²) in [5.41, 5.74) is 0.508. The van der Waals surface area contributed by atoms with Gasteiger partial charge in [-0.2, -0.15) is 0 Å². The van der Waals surface area contributed by atoms with E-state index < -0.39 is 11.9 Å². The van der Waals surface area contributed by atoms with Crippen LogP contribution in [0.25, 0.3) is 0 Å². The maximum atomic E-state index is 11.0. The lowest BCUT2D eigenvalue weighted by atomic mass is 10.1. The fraction of sp³-hybridized carbons (Fsp3) is 0.143. The molecule has 0 bridgehead atoms. The molecule has 2 aromatic rings. The SMILES string of the molecule is O=C(O)c1cc(CNCc2ccco2)cc(C(=O)O)c1. The number of rotatable bonds is 6. The summed E-state index contributed by atoms with van der Waals surface area (Å²) in [5, 5.41) is 21.0. The predicted molar refractivity (Wildman–Crippen MR) is 69.6 cm³/mol. The van der Waals surface area contributed by atoms with Crippen LogP contribution in [0.4, 0.5) is 0 Å². The zero-order valence-corrected chi connectivity index (χ0v) is 10.5. The van der Waals surface area contributed by atoms with Crippen LogP contribution in [0.3, 0.4) is 0 Å². The molecule has 20 heavy (non-hydrogen) atoms. The van der Waals surface area contributed by atoms with Crippen LogP contribution >= 0.6 is 0 Å². The van der Waals surface area contributed by atoms with Crippen molar-refractivity contribution in [3.8, 4) is 0 Å². The van der Waals surface area contributed by atoms with Gasteiger partial charge in [0.15, 0.2) is 0 Å². The third-order valence-electron chi connectivity index (χ3n) is 2.70. The fourth-order valence-electron chi connectivity index (χ4n) is 1.78. The topological polar surface area (TPSA) is 99.8 Å². The van der Waals surface area contributed by atoms with Crippen LogP contribution in [0.1, 0.15) is 32.0 Å². The van der Waals surface area contributed by atoms with Crippen molar-refractivity contribution in [2.45, 2.75) is 13.1 Å². The van der Waals surface area contributed by atoms with E-state index in [2.05, 4.69) is 5.32 Å². The number of hydrogen-bond donors (Lipinski definition) is 3. The Morgan fingerprint density at radius 3 is 2.20 bits per heavy atom. The summed E-state index contributed by atoms with van der Waals surface area (Å²) in [4.78, 5) is 21.9. The summed E-state index contributed by atoms with van der Waals surface area (Å²) >= 11 is 0. The Morgan fingerprint density at radius 2 is 1.70 bits per heavy atom. The molecular weight excluding hydrogens is 262 g/mol. The lowest BCUT2D eigenvalue weighted by Gasteiger charge is -2.06. The van der Waals surface area contributed by atoms with Gasteiger partial charge in [-0.05, 0) is 35.9 Å². The van der Waals surface area contributed by atoms with Crippen molar-refractivity contribution in [1.82, 2.24) is 5.32 Å². The molecule has 1 heterocycles. The molecule has 0 radical (unpaired) electrons. The predicted octanol–water partition coefficient (Wildman–Crippen LogP) is 1.97. The van der Waals surface area contributed by atoms with Crippen molar-refractivity contribution in [1.29, 1.82) is 0 Å². The average Bonchev–Trinajstić information content (AvgIpc) is 2.91. The van der Waals surface area contributed by atoms with E-state index in [0.717, 1.165) is 11.8 Å². The number of hydrogen-bond acceptors (Lipinski definition) is 4. The highest BCUT2D eigenvalue weighted by Gasteiger charge is 2.11. The first kappa shape index (κ1) is 13.8. The Bertz CT molecular complexity index is 586. The number of carbonyl (C=O) groups is 2. The Kier molecular flexibility index (Phi) is 4.17. The first-order valence-electron chi connectivity index (χ1n) is 5.90. The van der Waals surface area contributed by atoms with Crippen molar-refractivity contribution >= 4 is 11.9 Å². The minimum Gasteiger partial charge on any atom is -0.478 e. The maximum Gasteiger partial charge on any atom is 0.335 e. The minimum absolute atomic E-state index is 0.0419. The van der Waals surface area contributed by atoms with E-state index in [1.807, 2.05) is 6.07 Å². The van der Waals surface area contributed by atoms with Crippen LogP contribution in [-0.2, 0) is 13.1 Å². The molecule has 6 nitrogen and oxygen atoms in total. The second-order valence-electron chi connectivity index (χ2n) is 4.21. The minimum atomic E-state index is -1.15. The van der Waals surface area contributed by atoms with Crippen LogP contribution < -0.4 is 5.32 Å². The number of furan rings is 1. The molecule has 0 saturated carbocycles. The van der Waals surface area contributed by atoms with Crippen LogP contribution in [0.15, 0.2) is 41.0 Å². The van der Waals surface area contributed by atoms with Gasteiger partial charge in [0, 0.05) is 6.54 Å². The third kappa shape index (κ3) is 3.46. The molecule has 0 unspecified atom stereocenters. The molecule has 104 valence electrons. The third-order valence-corrected chi connectivity index (χ3v) is 2.70. The van der Waals surface area contributed by atoms with Gasteiger partial charge in [0.05, 0.1) is 23.9 Å². The number of aromatic carboxylic acids is 2. The van der Waals surface area contributed by atoms with Gasteiger partial charge >= 0.3 is 11.9 Å². The van der Waals surface area contributed by atoms with Gasteiger partial charge in [0.1, 0.15) is 5.76 Å². The zero-order chi connectivity index (χ0) is 14.5. The van der Waals surface area contributed by atoms with Gasteiger partial charge in [-0.25, -0.2) is 9.59 Å². The van der Waals surface area contributed by atoms with Crippen molar-refractivity contribution in [3.05, 3.63) is 59.0 Å². The summed E-state index contributed by atoms with van der Waals surface area (Å²) in [7, 11) is 0. The van der Waals surface area contributed by atoms with E-state index >= 15 is 0 Å². The van der Waals surface area contributed by atoms with Gasteiger partial charge in [0.2, 0.25) is 0 Å². The normalized spacial score (nSPS) is 10.4. The van der Waals surface area contributed by atoms with Crippen LogP contribution in [0.2, 0.25) is 0 Å². The molecule has 0 atom stereocenters. The molecule has 6 heteroatoms. The number of carboxylic acids is 2. The van der Waals surface area contributed by atoms with Crippen LogP contribution in [0.5, 0.6) is 0 Å². The lowest BCUT2D eigenvalue weighted by molar-refractivity contribution is 0.0696. The van der Waals surface area contributed by atoms with Gasteiger partial charge in [-0.1, -0.05) is 0 Å². The second kappa shape index (κ2) is 6.03. The molecule has 1 aromatic heterocycles. The number of nitrogens with one attached hydrogen (secondary N) is 1. The van der Waals surface area contributed by atoms with Crippen molar-refractivity contribution in [2.75, 3.05) is 0 Å². The van der Waals surface area contributed by atoms with E-state index in [-0.39, 0.29) is 11.1 Å². The zero-order valence-electron chi connectivity index (χ0n) is 10.5. The molecule has 0 saturated heterocycles. The molecule has 0 aliphatic carbocycles. The number of benzene rings is 1. The standard InChI is InChI=1S/C14H13NO5/c16-13(17)10-4-9(5-11(6-10)14(18)19)7-15-8-12-2-1-3-20-12/h1-6,15H,7-8H2,(H,16,17)(H,18,19). The molecule has 0 amide bonds. The van der Waals surface area contributed by atoms with E-state index in [1.54, 1.807) is 12.3 Å². The summed E-state index contributed by atoms with van der Waals surface area (Å²) in [6, 6.07) is 7.61. The van der Waals surface area contributed by atoms with E-state index in [1.165, 1.54) is 12.1 Å². The Balaban J connectivity index is 2.09.